The van der Waals surface area contributed by atoms with Gasteiger partial charge in [0.2, 0.25) is 23.5 Å². The molecule has 192 valence electrons. The smallest absolute Gasteiger partial charge is 0.246 e. The van der Waals surface area contributed by atoms with Crippen molar-refractivity contribution in [2.75, 3.05) is 28.6 Å². The van der Waals surface area contributed by atoms with Crippen molar-refractivity contribution in [2.45, 2.75) is 29.2 Å². The van der Waals surface area contributed by atoms with E-state index in [1.165, 1.54) is 30.6 Å². The number of halogens is 1. The van der Waals surface area contributed by atoms with Crippen LogP contribution < -0.4 is 15.5 Å². The maximum absolute atomic E-state index is 13.0. The van der Waals surface area contributed by atoms with Gasteiger partial charge in [-0.2, -0.15) is 4.98 Å². The first kappa shape index (κ1) is 24.3. The first-order chi connectivity index (χ1) is 18.5. The van der Waals surface area contributed by atoms with Gasteiger partial charge in [-0.1, -0.05) is 29.4 Å². The Morgan fingerprint density at radius 2 is 1.87 bits per heavy atom. The van der Waals surface area contributed by atoms with Gasteiger partial charge in [0.15, 0.2) is 23.1 Å². The largest absolute Gasteiger partial charge is 0.342 e. The number of hydrogen-bond acceptors (Lipinski definition) is 9. The lowest BCUT2D eigenvalue weighted by Gasteiger charge is -2.25. The van der Waals surface area contributed by atoms with Crippen LogP contribution in [0.15, 0.2) is 52.6 Å². The van der Waals surface area contributed by atoms with E-state index in [0.29, 0.717) is 15.6 Å². The van der Waals surface area contributed by atoms with Gasteiger partial charge in [0.1, 0.15) is 5.03 Å². The number of carbonyl (C=O) groups is 3. The third kappa shape index (κ3) is 4.56. The van der Waals surface area contributed by atoms with Gasteiger partial charge in [-0.15, -0.1) is 0 Å². The third-order valence-corrected chi connectivity index (χ3v) is 7.87. The second kappa shape index (κ2) is 10.0. The highest BCUT2D eigenvalue weighted by molar-refractivity contribution is 7.99. The molecule has 4 aromatic rings. The van der Waals surface area contributed by atoms with Crippen LogP contribution in [-0.2, 0) is 9.59 Å². The maximum atomic E-state index is 13.0. The summed E-state index contributed by atoms with van der Waals surface area (Å²) in [5, 5.41) is 6.00. The van der Waals surface area contributed by atoms with Crippen molar-refractivity contribution in [3.05, 3.63) is 53.4 Å². The molecule has 1 fully saturated rings. The lowest BCUT2D eigenvalue weighted by atomic mass is 9.96. The number of aromatic nitrogens is 5. The molecule has 2 aliphatic rings. The first-order valence-corrected chi connectivity index (χ1v) is 13.2. The zero-order valence-corrected chi connectivity index (χ0v) is 21.5. The van der Waals surface area contributed by atoms with E-state index in [2.05, 4.69) is 40.5 Å². The molecule has 3 N–H and O–H groups in total. The number of piperidine rings is 1. The van der Waals surface area contributed by atoms with Crippen LogP contribution in [0.5, 0.6) is 0 Å². The number of aromatic amines is 1. The maximum Gasteiger partial charge on any atom is 0.246 e. The van der Waals surface area contributed by atoms with E-state index in [9.17, 15) is 14.4 Å². The first-order valence-electron chi connectivity index (χ1n) is 12.0. The molecule has 5 heterocycles. The fourth-order valence-electron chi connectivity index (χ4n) is 4.47. The van der Waals surface area contributed by atoms with Gasteiger partial charge in [-0.3, -0.25) is 14.4 Å². The molecule has 1 atom stereocenters. The summed E-state index contributed by atoms with van der Waals surface area (Å²) in [7, 11) is 0. The fourth-order valence-corrected chi connectivity index (χ4v) is 5.60. The molecule has 0 aliphatic carbocycles. The lowest BCUT2D eigenvalue weighted by molar-refractivity contribution is -0.127. The van der Waals surface area contributed by atoms with Gasteiger partial charge in [-0.05, 0) is 43.5 Å². The number of H-pyrrole nitrogens is 1. The molecule has 0 saturated carbocycles. The van der Waals surface area contributed by atoms with Crippen molar-refractivity contribution < 1.29 is 14.4 Å². The molecule has 3 aromatic heterocycles. The lowest BCUT2D eigenvalue weighted by Crippen LogP contribution is -2.43. The molecule has 2 amide bonds. The summed E-state index contributed by atoms with van der Waals surface area (Å²) in [5.41, 5.74) is 1.66. The van der Waals surface area contributed by atoms with Crippen molar-refractivity contribution >= 4 is 69.6 Å². The minimum absolute atomic E-state index is 0.0346. The number of hydrogen-bond donors (Lipinski definition) is 3. The summed E-state index contributed by atoms with van der Waals surface area (Å²) in [6.07, 6.45) is 6.21. The highest BCUT2D eigenvalue weighted by Crippen LogP contribution is 2.37. The topological polar surface area (TPSA) is 146 Å². The zero-order valence-electron chi connectivity index (χ0n) is 19.9. The van der Waals surface area contributed by atoms with Crippen LogP contribution in [0.1, 0.15) is 29.8 Å². The number of pyridine rings is 1. The van der Waals surface area contributed by atoms with E-state index in [0.717, 1.165) is 37.4 Å². The Balaban J connectivity index is 1.20. The van der Waals surface area contributed by atoms with Gasteiger partial charge in [0, 0.05) is 30.4 Å². The predicted octanol–water partition coefficient (Wildman–Crippen LogP) is 3.93. The summed E-state index contributed by atoms with van der Waals surface area (Å²) in [4.78, 5) is 61.7. The summed E-state index contributed by atoms with van der Waals surface area (Å²) in [6, 6.07) is 8.91. The van der Waals surface area contributed by atoms with Crippen LogP contribution in [-0.4, -0.2) is 55.6 Å². The number of ketones is 1. The Kier molecular flexibility index (Phi) is 6.42. The van der Waals surface area contributed by atoms with Crippen molar-refractivity contribution in [1.82, 2.24) is 24.9 Å². The number of nitrogens with one attached hydrogen (secondary N) is 3. The minimum Gasteiger partial charge on any atom is -0.342 e. The molecule has 0 spiro atoms. The Morgan fingerprint density at radius 3 is 2.71 bits per heavy atom. The van der Waals surface area contributed by atoms with Crippen LogP contribution in [0, 0.1) is 5.92 Å². The second-order valence-corrected chi connectivity index (χ2v) is 10.3. The Bertz CT molecular complexity index is 1590. The SMILES string of the molecule is O=C(Nc1cccc(Sc2ccc3[nH]c(N4CCCCC4)nc3n2)c1Cl)C1C(=O)Nc2nccnc2C1=O. The molecule has 1 saturated heterocycles. The van der Waals surface area contributed by atoms with Crippen LogP contribution in [0.3, 0.4) is 0 Å². The van der Waals surface area contributed by atoms with Crippen molar-refractivity contribution in [1.29, 1.82) is 0 Å². The van der Waals surface area contributed by atoms with Crippen molar-refractivity contribution in [2.24, 2.45) is 5.92 Å². The van der Waals surface area contributed by atoms with E-state index in [-0.39, 0.29) is 22.2 Å². The highest BCUT2D eigenvalue weighted by Gasteiger charge is 2.41. The summed E-state index contributed by atoms with van der Waals surface area (Å²) < 4.78 is 0. The zero-order chi connectivity index (χ0) is 26.2. The second-order valence-electron chi connectivity index (χ2n) is 8.88. The monoisotopic (exact) mass is 548 g/mol. The number of rotatable bonds is 5. The molecule has 6 rings (SSSR count). The standard InChI is InChI=1S/C25H21ClN8O3S/c26-18-13(29-23(36)17-20(35)19-22(32-24(17)37)28-10-9-27-19)5-4-6-15(18)38-16-8-7-14-21(31-16)33-25(30-14)34-11-2-1-3-12-34/h4-10,17H,1-3,11-12H2,(H,29,36)(H,28,32,37)(H,30,31,33). The average molecular weight is 549 g/mol. The molecule has 1 aromatic carbocycles. The summed E-state index contributed by atoms with van der Waals surface area (Å²) in [6.45, 7) is 1.95. The summed E-state index contributed by atoms with van der Waals surface area (Å²) in [5.74, 6) is -3.06. The van der Waals surface area contributed by atoms with Crippen LogP contribution in [0.2, 0.25) is 5.02 Å². The molecule has 0 bridgehead atoms. The van der Waals surface area contributed by atoms with Gasteiger partial charge in [-0.25, -0.2) is 15.0 Å². The number of anilines is 3. The van der Waals surface area contributed by atoms with E-state index in [1.807, 2.05) is 12.1 Å². The van der Waals surface area contributed by atoms with Crippen LogP contribution in [0.4, 0.5) is 17.5 Å². The number of imidazole rings is 1. The normalized spacial score (nSPS) is 17.3. The third-order valence-electron chi connectivity index (χ3n) is 6.36. The molecular formula is C25H21ClN8O3S. The number of benzene rings is 1. The van der Waals surface area contributed by atoms with Crippen LogP contribution >= 0.6 is 23.4 Å². The van der Waals surface area contributed by atoms with Gasteiger partial charge in [0.05, 0.1) is 16.2 Å². The van der Waals surface area contributed by atoms with E-state index in [4.69, 9.17) is 11.6 Å². The molecule has 38 heavy (non-hydrogen) atoms. The molecule has 13 heteroatoms. The van der Waals surface area contributed by atoms with E-state index < -0.39 is 23.5 Å². The molecule has 0 radical (unpaired) electrons. The molecule has 11 nitrogen and oxygen atoms in total. The average Bonchev–Trinajstić information content (AvgIpc) is 3.35. The number of amides is 2. The van der Waals surface area contributed by atoms with E-state index >= 15 is 0 Å². The highest BCUT2D eigenvalue weighted by atomic mass is 35.5. The predicted molar refractivity (Wildman–Crippen MR) is 143 cm³/mol. The molecular weight excluding hydrogens is 528 g/mol. The summed E-state index contributed by atoms with van der Waals surface area (Å²) >= 11 is 7.94. The Hall–Kier alpha value is -4.03. The van der Waals surface area contributed by atoms with Gasteiger partial charge >= 0.3 is 0 Å². The minimum atomic E-state index is -1.61. The molecule has 1 unspecified atom stereocenters. The fraction of sp³-hybridized carbons (Fsp3) is 0.240. The number of nitrogens with zero attached hydrogens (tertiary/aromatic N) is 5. The Labute approximate surface area is 225 Å². The van der Waals surface area contributed by atoms with Crippen molar-refractivity contribution in [3.8, 4) is 0 Å². The number of carbonyl (C=O) groups excluding carboxylic acids is 3. The number of Topliss-reactive ketones (excluding diaryl/α,β-unsaturated/α-hetero) is 1. The van der Waals surface area contributed by atoms with E-state index in [1.54, 1.807) is 18.2 Å². The van der Waals surface area contributed by atoms with Gasteiger partial charge in [0.25, 0.3) is 0 Å². The Morgan fingerprint density at radius 1 is 1.05 bits per heavy atom. The number of fused-ring (bicyclic) bond motifs is 2. The van der Waals surface area contributed by atoms with Crippen LogP contribution in [0.25, 0.3) is 11.2 Å². The molecule has 2 aliphatic heterocycles. The van der Waals surface area contributed by atoms with Crippen molar-refractivity contribution in [3.63, 3.8) is 0 Å². The van der Waals surface area contributed by atoms with Gasteiger partial charge < -0.3 is 20.5 Å². The quantitative estimate of drug-likeness (QED) is 0.316.